The summed E-state index contributed by atoms with van der Waals surface area (Å²) in [5, 5.41) is -0.0812. The first-order valence-corrected chi connectivity index (χ1v) is 6.13. The number of hydrogen-bond acceptors (Lipinski definition) is 2. The zero-order valence-corrected chi connectivity index (χ0v) is 11.1. The highest BCUT2D eigenvalue weighted by Gasteiger charge is 2.19. The van der Waals surface area contributed by atoms with Gasteiger partial charge in [0.05, 0.1) is 5.38 Å². The van der Waals surface area contributed by atoms with Gasteiger partial charge in [-0.3, -0.25) is 4.98 Å². The minimum absolute atomic E-state index is 0.0812. The van der Waals surface area contributed by atoms with Crippen LogP contribution in [0.2, 0.25) is 0 Å². The Bertz CT molecular complexity index is 504. The van der Waals surface area contributed by atoms with Crippen LogP contribution >= 0.6 is 11.6 Å². The number of alkyl halides is 1. The summed E-state index contributed by atoms with van der Waals surface area (Å²) in [6.45, 7) is 5.98. The summed E-state index contributed by atoms with van der Waals surface area (Å²) in [5.74, 6) is 1.86. The number of aryl methyl sites for hydroxylation is 2. The van der Waals surface area contributed by atoms with Crippen molar-refractivity contribution in [3.8, 4) is 0 Å². The Balaban J connectivity index is 2.23. The fraction of sp³-hybridized carbons (Fsp3) is 0.357. The number of halogens is 1. The van der Waals surface area contributed by atoms with E-state index in [4.69, 9.17) is 16.0 Å². The van der Waals surface area contributed by atoms with E-state index in [0.29, 0.717) is 0 Å². The highest BCUT2D eigenvalue weighted by atomic mass is 35.5. The van der Waals surface area contributed by atoms with Crippen molar-refractivity contribution in [2.75, 3.05) is 0 Å². The predicted octanol–water partition coefficient (Wildman–Crippen LogP) is 4.12. The van der Waals surface area contributed by atoms with E-state index in [1.54, 1.807) is 6.20 Å². The van der Waals surface area contributed by atoms with Crippen LogP contribution in [0.1, 0.15) is 33.7 Å². The molecule has 0 N–H and O–H groups in total. The van der Waals surface area contributed by atoms with Gasteiger partial charge >= 0.3 is 0 Å². The van der Waals surface area contributed by atoms with E-state index in [0.717, 1.165) is 34.8 Å². The second-order valence-corrected chi connectivity index (χ2v) is 4.77. The lowest BCUT2D eigenvalue weighted by Gasteiger charge is -2.09. The SMILES string of the molecule is Cc1oc(C)c(C(Cl)Cc2ccccn2)c1C. The highest BCUT2D eigenvalue weighted by molar-refractivity contribution is 6.21. The fourth-order valence-electron chi connectivity index (χ4n) is 2.07. The van der Waals surface area contributed by atoms with Crippen molar-refractivity contribution in [1.82, 2.24) is 4.98 Å². The molecule has 0 aliphatic rings. The zero-order chi connectivity index (χ0) is 12.4. The predicted molar refractivity (Wildman–Crippen MR) is 69.5 cm³/mol. The summed E-state index contributed by atoms with van der Waals surface area (Å²) >= 11 is 6.46. The monoisotopic (exact) mass is 249 g/mol. The molecule has 0 aliphatic carbocycles. The van der Waals surface area contributed by atoms with Crippen molar-refractivity contribution in [3.05, 3.63) is 52.7 Å². The smallest absolute Gasteiger partial charge is 0.106 e. The van der Waals surface area contributed by atoms with Crippen LogP contribution in [0.15, 0.2) is 28.8 Å². The minimum atomic E-state index is -0.0812. The molecule has 0 aliphatic heterocycles. The van der Waals surface area contributed by atoms with E-state index in [1.165, 1.54) is 0 Å². The van der Waals surface area contributed by atoms with Crippen molar-refractivity contribution in [1.29, 1.82) is 0 Å². The van der Waals surface area contributed by atoms with Gasteiger partial charge in [-0.1, -0.05) is 6.07 Å². The summed E-state index contributed by atoms with van der Waals surface area (Å²) in [7, 11) is 0. The van der Waals surface area contributed by atoms with Crippen LogP contribution in [-0.4, -0.2) is 4.98 Å². The molecule has 17 heavy (non-hydrogen) atoms. The molecule has 0 spiro atoms. The number of furan rings is 1. The summed E-state index contributed by atoms with van der Waals surface area (Å²) < 4.78 is 5.60. The Morgan fingerprint density at radius 2 is 2.00 bits per heavy atom. The molecule has 0 amide bonds. The molecule has 2 aromatic heterocycles. The molecular formula is C14H16ClNO. The summed E-state index contributed by atoms with van der Waals surface area (Å²) in [6.07, 6.45) is 2.52. The second kappa shape index (κ2) is 4.92. The van der Waals surface area contributed by atoms with Crippen molar-refractivity contribution in [2.24, 2.45) is 0 Å². The Morgan fingerprint density at radius 3 is 2.53 bits per heavy atom. The van der Waals surface area contributed by atoms with Crippen LogP contribution in [0.4, 0.5) is 0 Å². The number of nitrogens with zero attached hydrogens (tertiary/aromatic N) is 1. The Labute approximate surface area is 107 Å². The molecule has 1 atom stereocenters. The van der Waals surface area contributed by atoms with E-state index in [-0.39, 0.29) is 5.38 Å². The standard InChI is InChI=1S/C14H16ClNO/c1-9-10(2)17-11(3)14(9)13(15)8-12-6-4-5-7-16-12/h4-7,13H,8H2,1-3H3. The third kappa shape index (κ3) is 2.52. The Kier molecular flexibility index (Phi) is 3.53. The summed E-state index contributed by atoms with van der Waals surface area (Å²) in [5.41, 5.74) is 3.26. The quantitative estimate of drug-likeness (QED) is 0.765. The molecule has 0 aromatic carbocycles. The third-order valence-electron chi connectivity index (χ3n) is 3.05. The number of rotatable bonds is 3. The number of aromatic nitrogens is 1. The first-order valence-electron chi connectivity index (χ1n) is 5.70. The maximum absolute atomic E-state index is 6.46. The van der Waals surface area contributed by atoms with Gasteiger partial charge in [0.2, 0.25) is 0 Å². The van der Waals surface area contributed by atoms with Gasteiger partial charge in [-0.15, -0.1) is 11.6 Å². The van der Waals surface area contributed by atoms with Crippen molar-refractivity contribution in [2.45, 2.75) is 32.6 Å². The van der Waals surface area contributed by atoms with Crippen molar-refractivity contribution in [3.63, 3.8) is 0 Å². The average Bonchev–Trinajstić information content (AvgIpc) is 2.54. The molecule has 0 radical (unpaired) electrons. The Hall–Kier alpha value is -1.28. The first kappa shape index (κ1) is 12.2. The molecule has 1 unspecified atom stereocenters. The largest absolute Gasteiger partial charge is 0.466 e. The van der Waals surface area contributed by atoms with E-state index in [1.807, 2.05) is 32.0 Å². The molecule has 0 bridgehead atoms. The first-order chi connectivity index (χ1) is 8.09. The average molecular weight is 250 g/mol. The molecule has 0 fully saturated rings. The minimum Gasteiger partial charge on any atom is -0.466 e. The van der Waals surface area contributed by atoms with E-state index in [9.17, 15) is 0 Å². The van der Waals surface area contributed by atoms with Crippen LogP contribution in [0.5, 0.6) is 0 Å². The van der Waals surface area contributed by atoms with Gasteiger partial charge in [0.15, 0.2) is 0 Å². The van der Waals surface area contributed by atoms with Crippen LogP contribution < -0.4 is 0 Å². The molecule has 3 heteroatoms. The zero-order valence-electron chi connectivity index (χ0n) is 10.3. The molecule has 90 valence electrons. The summed E-state index contributed by atoms with van der Waals surface area (Å²) in [6, 6.07) is 5.88. The van der Waals surface area contributed by atoms with Gasteiger partial charge in [0.25, 0.3) is 0 Å². The lowest BCUT2D eigenvalue weighted by atomic mass is 10.0. The molecule has 2 rings (SSSR count). The lowest BCUT2D eigenvalue weighted by Crippen LogP contribution is -2.00. The van der Waals surface area contributed by atoms with Crippen molar-refractivity contribution < 1.29 is 4.42 Å². The van der Waals surface area contributed by atoms with Gasteiger partial charge in [0.1, 0.15) is 11.5 Å². The van der Waals surface area contributed by atoms with Gasteiger partial charge < -0.3 is 4.42 Å². The lowest BCUT2D eigenvalue weighted by molar-refractivity contribution is 0.499. The van der Waals surface area contributed by atoms with Crippen LogP contribution in [-0.2, 0) is 6.42 Å². The van der Waals surface area contributed by atoms with Crippen LogP contribution in [0.25, 0.3) is 0 Å². The van der Waals surface area contributed by atoms with Crippen LogP contribution in [0.3, 0.4) is 0 Å². The van der Waals surface area contributed by atoms with E-state index in [2.05, 4.69) is 11.9 Å². The second-order valence-electron chi connectivity index (χ2n) is 4.25. The number of hydrogen-bond donors (Lipinski definition) is 0. The van der Waals surface area contributed by atoms with Crippen molar-refractivity contribution >= 4 is 11.6 Å². The molecule has 0 saturated carbocycles. The Morgan fingerprint density at radius 1 is 1.24 bits per heavy atom. The topological polar surface area (TPSA) is 26.0 Å². The van der Waals surface area contributed by atoms with E-state index < -0.39 is 0 Å². The third-order valence-corrected chi connectivity index (χ3v) is 3.42. The highest BCUT2D eigenvalue weighted by Crippen LogP contribution is 2.33. The van der Waals surface area contributed by atoms with Crippen LogP contribution in [0, 0.1) is 20.8 Å². The van der Waals surface area contributed by atoms with Gasteiger partial charge in [-0.25, -0.2) is 0 Å². The fourth-order valence-corrected chi connectivity index (χ4v) is 2.55. The molecule has 2 heterocycles. The molecular weight excluding hydrogens is 234 g/mol. The maximum atomic E-state index is 6.46. The van der Waals surface area contributed by atoms with E-state index >= 15 is 0 Å². The van der Waals surface area contributed by atoms with Gasteiger partial charge in [-0.05, 0) is 38.5 Å². The molecule has 2 nitrogen and oxygen atoms in total. The maximum Gasteiger partial charge on any atom is 0.106 e. The van der Waals surface area contributed by atoms with Gasteiger partial charge in [-0.2, -0.15) is 0 Å². The van der Waals surface area contributed by atoms with Gasteiger partial charge in [0, 0.05) is 23.9 Å². The molecule has 0 saturated heterocycles. The normalized spacial score (nSPS) is 12.7. The number of pyridine rings is 1. The summed E-state index contributed by atoms with van der Waals surface area (Å²) in [4.78, 5) is 4.30. The molecule has 2 aromatic rings.